The first kappa shape index (κ1) is 21.4. The van der Waals surface area contributed by atoms with Gasteiger partial charge in [-0.3, -0.25) is 4.99 Å². The summed E-state index contributed by atoms with van der Waals surface area (Å²) in [7, 11) is 0. The third-order valence-electron chi connectivity index (χ3n) is 5.59. The molecule has 10 heteroatoms. The Balaban J connectivity index is 1.62. The molecule has 168 valence electrons. The first-order chi connectivity index (χ1) is 15.8. The summed E-state index contributed by atoms with van der Waals surface area (Å²) in [5.41, 5.74) is 1.03. The van der Waals surface area contributed by atoms with Gasteiger partial charge in [-0.05, 0) is 41.7 Å². The van der Waals surface area contributed by atoms with Gasteiger partial charge in [-0.1, -0.05) is 31.2 Å². The Morgan fingerprint density at radius 1 is 1.09 bits per heavy atom. The van der Waals surface area contributed by atoms with Gasteiger partial charge in [-0.2, -0.15) is 17.5 Å². The molecule has 0 spiro atoms. The van der Waals surface area contributed by atoms with Crippen LogP contribution >= 0.6 is 11.5 Å². The van der Waals surface area contributed by atoms with Gasteiger partial charge in [0.25, 0.3) is 0 Å². The molecule has 1 atom stereocenters. The number of amidine groups is 1. The topological polar surface area (TPSA) is 63.1 Å². The van der Waals surface area contributed by atoms with Crippen LogP contribution in [0.15, 0.2) is 53.7 Å². The molecular formula is C23H17F4N5S. The number of rotatable bonds is 3. The summed E-state index contributed by atoms with van der Waals surface area (Å²) in [6.45, 7) is 2.56. The molecule has 3 heterocycles. The van der Waals surface area contributed by atoms with E-state index in [9.17, 15) is 17.6 Å². The molecule has 0 amide bonds. The van der Waals surface area contributed by atoms with Gasteiger partial charge in [0.05, 0.1) is 11.8 Å². The number of aliphatic imine (C=N–C) groups is 1. The molecule has 5 rings (SSSR count). The molecule has 0 saturated heterocycles. The normalized spacial score (nSPS) is 15.9. The van der Waals surface area contributed by atoms with Crippen molar-refractivity contribution in [2.24, 2.45) is 4.99 Å². The Kier molecular flexibility index (Phi) is 5.32. The van der Waals surface area contributed by atoms with Crippen molar-refractivity contribution in [3.05, 3.63) is 71.2 Å². The van der Waals surface area contributed by atoms with Crippen molar-refractivity contribution in [3.63, 3.8) is 0 Å². The number of hydrogen-bond donors (Lipinski definition) is 1. The van der Waals surface area contributed by atoms with Crippen LogP contribution in [0.1, 0.15) is 36.0 Å². The van der Waals surface area contributed by atoms with Crippen molar-refractivity contribution in [1.29, 1.82) is 0 Å². The van der Waals surface area contributed by atoms with Crippen molar-refractivity contribution in [3.8, 4) is 11.4 Å². The molecule has 1 aliphatic rings. The zero-order valence-corrected chi connectivity index (χ0v) is 18.1. The zero-order valence-electron chi connectivity index (χ0n) is 17.3. The summed E-state index contributed by atoms with van der Waals surface area (Å²) in [5, 5.41) is 3.13. The average Bonchev–Trinajstić information content (AvgIpc) is 3.28. The molecule has 5 nitrogen and oxygen atoms in total. The summed E-state index contributed by atoms with van der Waals surface area (Å²) in [4.78, 5) is 13.3. The van der Waals surface area contributed by atoms with Crippen molar-refractivity contribution >= 4 is 33.4 Å². The van der Waals surface area contributed by atoms with Crippen molar-refractivity contribution < 1.29 is 17.6 Å². The third-order valence-corrected chi connectivity index (χ3v) is 6.39. The lowest BCUT2D eigenvalue weighted by molar-refractivity contribution is -0.137. The van der Waals surface area contributed by atoms with E-state index >= 15 is 0 Å². The van der Waals surface area contributed by atoms with E-state index in [1.54, 1.807) is 6.07 Å². The van der Waals surface area contributed by atoms with Crippen molar-refractivity contribution in [1.82, 2.24) is 14.3 Å². The number of alkyl halides is 3. The Bertz CT molecular complexity index is 1380. The van der Waals surface area contributed by atoms with Crippen LogP contribution in [0.5, 0.6) is 0 Å². The van der Waals surface area contributed by atoms with Crippen LogP contribution in [0.2, 0.25) is 0 Å². The van der Waals surface area contributed by atoms with Gasteiger partial charge < -0.3 is 5.32 Å². The van der Waals surface area contributed by atoms with E-state index < -0.39 is 17.6 Å². The Labute approximate surface area is 190 Å². The second kappa shape index (κ2) is 8.18. The van der Waals surface area contributed by atoms with Crippen molar-refractivity contribution in [2.45, 2.75) is 25.4 Å². The number of benzene rings is 2. The largest absolute Gasteiger partial charge is 0.417 e. The van der Waals surface area contributed by atoms with Crippen molar-refractivity contribution in [2.75, 3.05) is 11.9 Å². The van der Waals surface area contributed by atoms with Gasteiger partial charge >= 0.3 is 6.18 Å². The summed E-state index contributed by atoms with van der Waals surface area (Å²) in [6.07, 6.45) is -2.23. The van der Waals surface area contributed by atoms with Gasteiger partial charge in [0.2, 0.25) is 0 Å². The van der Waals surface area contributed by atoms with Crippen LogP contribution in [0, 0.1) is 5.82 Å². The molecule has 0 fully saturated rings. The fourth-order valence-corrected chi connectivity index (χ4v) is 4.58. The second-order valence-electron chi connectivity index (χ2n) is 7.63. The molecule has 1 aliphatic heterocycles. The second-order valence-corrected chi connectivity index (χ2v) is 8.43. The fraction of sp³-hybridized carbons (Fsp3) is 0.217. The van der Waals surface area contributed by atoms with Crippen LogP contribution in [0.3, 0.4) is 0 Å². The fourth-order valence-electron chi connectivity index (χ4n) is 3.95. The minimum absolute atomic E-state index is 0.0829. The number of aromatic nitrogens is 3. The standard InChI is InChI=1S/C23H17F4N5S/c1-2-12-10-28-20(16-9-13(24)7-8-14(12)16)31-22-19-18(11-29-33-19)30-21(32-22)15-5-3-4-6-17(15)23(25,26)27/h3-9,11-12H,2,10H2,1H3,(H,28,30,31,32). The maximum atomic E-state index is 14.1. The molecule has 0 aliphatic carbocycles. The number of nitrogens with zero attached hydrogens (tertiary/aromatic N) is 4. The van der Waals surface area contributed by atoms with Gasteiger partial charge in [0, 0.05) is 23.6 Å². The molecule has 1 unspecified atom stereocenters. The number of hydrogen-bond acceptors (Lipinski definition) is 6. The highest BCUT2D eigenvalue weighted by atomic mass is 32.1. The predicted octanol–water partition coefficient (Wildman–Crippen LogP) is 6.28. The Hall–Kier alpha value is -3.40. The van der Waals surface area contributed by atoms with E-state index in [-0.39, 0.29) is 23.1 Å². The monoisotopic (exact) mass is 471 g/mol. The van der Waals surface area contributed by atoms with Gasteiger partial charge in [-0.15, -0.1) is 0 Å². The average molecular weight is 471 g/mol. The Morgan fingerprint density at radius 3 is 2.70 bits per heavy atom. The lowest BCUT2D eigenvalue weighted by Crippen LogP contribution is -2.24. The van der Waals surface area contributed by atoms with E-state index in [2.05, 4.69) is 24.7 Å². The quantitative estimate of drug-likeness (QED) is 0.358. The molecule has 33 heavy (non-hydrogen) atoms. The van der Waals surface area contributed by atoms with E-state index in [1.807, 2.05) is 6.92 Å². The highest BCUT2D eigenvalue weighted by molar-refractivity contribution is 7.13. The maximum Gasteiger partial charge on any atom is 0.417 e. The molecule has 1 N–H and O–H groups in total. The van der Waals surface area contributed by atoms with Crippen LogP contribution in [0.25, 0.3) is 21.6 Å². The highest BCUT2D eigenvalue weighted by Crippen LogP contribution is 2.37. The summed E-state index contributed by atoms with van der Waals surface area (Å²) >= 11 is 1.12. The minimum atomic E-state index is -4.56. The van der Waals surface area contributed by atoms with E-state index in [0.29, 0.717) is 28.2 Å². The van der Waals surface area contributed by atoms with Gasteiger partial charge in [0.15, 0.2) is 11.6 Å². The molecule has 2 aromatic heterocycles. The maximum absolute atomic E-state index is 14.1. The lowest BCUT2D eigenvalue weighted by atomic mass is 9.89. The smallest absolute Gasteiger partial charge is 0.323 e. The molecule has 4 aromatic rings. The predicted molar refractivity (Wildman–Crippen MR) is 120 cm³/mol. The molecular weight excluding hydrogens is 454 g/mol. The number of nitrogens with one attached hydrogen (secondary N) is 1. The van der Waals surface area contributed by atoms with E-state index in [0.717, 1.165) is 29.6 Å². The molecule has 0 radical (unpaired) electrons. The van der Waals surface area contributed by atoms with Crippen LogP contribution in [-0.4, -0.2) is 26.7 Å². The van der Waals surface area contributed by atoms with E-state index in [1.165, 1.54) is 36.5 Å². The third kappa shape index (κ3) is 3.95. The van der Waals surface area contributed by atoms with Crippen LogP contribution in [-0.2, 0) is 6.18 Å². The summed E-state index contributed by atoms with van der Waals surface area (Å²) in [6, 6.07) is 9.74. The lowest BCUT2D eigenvalue weighted by Gasteiger charge is -2.24. The molecule has 0 bridgehead atoms. The summed E-state index contributed by atoms with van der Waals surface area (Å²) < 4.78 is 59.5. The van der Waals surface area contributed by atoms with Crippen LogP contribution in [0.4, 0.5) is 23.4 Å². The minimum Gasteiger partial charge on any atom is -0.323 e. The highest BCUT2D eigenvalue weighted by Gasteiger charge is 2.34. The SMILES string of the molecule is CCC1CN=C(Nc2nc(-c3ccccc3C(F)(F)F)nc3cnsc23)c2cc(F)ccc21. The zero-order chi connectivity index (χ0) is 23.2. The number of halogens is 4. The first-order valence-corrected chi connectivity index (χ1v) is 11.0. The van der Waals surface area contributed by atoms with E-state index in [4.69, 9.17) is 0 Å². The Morgan fingerprint density at radius 2 is 1.91 bits per heavy atom. The molecule has 0 saturated carbocycles. The van der Waals surface area contributed by atoms with Gasteiger partial charge in [-0.25, -0.2) is 14.4 Å². The van der Waals surface area contributed by atoms with Gasteiger partial charge in [0.1, 0.15) is 21.9 Å². The number of fused-ring (bicyclic) bond motifs is 2. The first-order valence-electron chi connectivity index (χ1n) is 10.3. The number of anilines is 1. The summed E-state index contributed by atoms with van der Waals surface area (Å²) in [5.74, 6) is 0.371. The van der Waals surface area contributed by atoms with Crippen LogP contribution < -0.4 is 5.32 Å². The molecule has 2 aromatic carbocycles.